The number of aliphatic hydroxyl groups is 1. The number of hydrogen-bond donors (Lipinski definition) is 6. The maximum atomic E-state index is 12.5. The molecule has 5 unspecified atom stereocenters. The Balaban J connectivity index is 5.22. The number of nitrogens with two attached hydrogens (primary N) is 1. The van der Waals surface area contributed by atoms with Crippen LogP contribution < -0.4 is 21.7 Å². The van der Waals surface area contributed by atoms with Crippen LogP contribution in [0.2, 0.25) is 0 Å². The molecule has 0 aromatic carbocycles. The predicted molar refractivity (Wildman–Crippen MR) is 98.4 cm³/mol. The quantitative estimate of drug-likeness (QED) is 0.266. The third-order valence-electron chi connectivity index (χ3n) is 4.06. The SMILES string of the molecule is CC(NC(=O)C(NC(=O)C(NC(=O)C(N)C(C)C)C(C)O)C(C)C)C(=O)O. The molecule has 0 aliphatic carbocycles. The molecule has 0 saturated heterocycles. The summed E-state index contributed by atoms with van der Waals surface area (Å²) in [5, 5.41) is 25.9. The van der Waals surface area contributed by atoms with E-state index in [9.17, 15) is 24.3 Å². The first-order chi connectivity index (χ1) is 12.3. The van der Waals surface area contributed by atoms with Gasteiger partial charge in [0.15, 0.2) is 0 Å². The monoisotopic (exact) mass is 388 g/mol. The van der Waals surface area contributed by atoms with Gasteiger partial charge in [-0.15, -0.1) is 0 Å². The van der Waals surface area contributed by atoms with Gasteiger partial charge in [-0.05, 0) is 25.7 Å². The van der Waals surface area contributed by atoms with Crippen LogP contribution >= 0.6 is 0 Å². The number of hydrogen-bond acceptors (Lipinski definition) is 6. The molecular weight excluding hydrogens is 356 g/mol. The van der Waals surface area contributed by atoms with Crippen molar-refractivity contribution in [3.63, 3.8) is 0 Å². The lowest BCUT2D eigenvalue weighted by Gasteiger charge is -2.28. The molecule has 5 atom stereocenters. The highest BCUT2D eigenvalue weighted by Gasteiger charge is 2.33. The Hall–Kier alpha value is -2.20. The molecule has 0 aromatic rings. The number of amides is 3. The average molecular weight is 388 g/mol. The lowest BCUT2D eigenvalue weighted by molar-refractivity contribution is -0.142. The summed E-state index contributed by atoms with van der Waals surface area (Å²) in [6.07, 6.45) is -1.23. The molecule has 27 heavy (non-hydrogen) atoms. The van der Waals surface area contributed by atoms with Crippen molar-refractivity contribution in [2.24, 2.45) is 17.6 Å². The number of aliphatic carboxylic acids is 1. The van der Waals surface area contributed by atoms with Crippen LogP contribution in [0, 0.1) is 11.8 Å². The highest BCUT2D eigenvalue weighted by Crippen LogP contribution is 2.06. The molecule has 0 rings (SSSR count). The highest BCUT2D eigenvalue weighted by molar-refractivity contribution is 5.94. The van der Waals surface area contributed by atoms with Gasteiger partial charge in [-0.1, -0.05) is 27.7 Å². The molecule has 0 spiro atoms. The first kappa shape index (κ1) is 24.8. The molecule has 0 radical (unpaired) electrons. The fourth-order valence-corrected chi connectivity index (χ4v) is 2.10. The van der Waals surface area contributed by atoms with E-state index in [2.05, 4.69) is 16.0 Å². The zero-order valence-corrected chi connectivity index (χ0v) is 16.6. The highest BCUT2D eigenvalue weighted by atomic mass is 16.4. The standard InChI is InChI=1S/C17H32N4O6/c1-7(2)11(18)14(23)21-13(10(6)22)16(25)20-12(8(3)4)15(24)19-9(5)17(26)27/h7-13,22H,18H2,1-6H3,(H,19,24)(H,20,25)(H,21,23)(H,26,27). The number of carboxylic acids is 1. The van der Waals surface area contributed by atoms with E-state index in [4.69, 9.17) is 10.8 Å². The summed E-state index contributed by atoms with van der Waals surface area (Å²) in [7, 11) is 0. The van der Waals surface area contributed by atoms with Gasteiger partial charge in [-0.3, -0.25) is 19.2 Å². The number of rotatable bonds is 10. The zero-order chi connectivity index (χ0) is 21.5. The Morgan fingerprint density at radius 3 is 1.56 bits per heavy atom. The molecule has 156 valence electrons. The maximum Gasteiger partial charge on any atom is 0.325 e. The Morgan fingerprint density at radius 2 is 1.19 bits per heavy atom. The van der Waals surface area contributed by atoms with Crippen molar-refractivity contribution >= 4 is 23.7 Å². The lowest BCUT2D eigenvalue weighted by atomic mass is 10.0. The van der Waals surface area contributed by atoms with Crippen LogP contribution in [-0.4, -0.2) is 64.2 Å². The molecular formula is C17H32N4O6. The van der Waals surface area contributed by atoms with Crippen LogP contribution in [0.15, 0.2) is 0 Å². The van der Waals surface area contributed by atoms with Gasteiger partial charge in [0.05, 0.1) is 12.1 Å². The van der Waals surface area contributed by atoms with Crippen LogP contribution in [0.3, 0.4) is 0 Å². The second kappa shape index (κ2) is 10.8. The average Bonchev–Trinajstić information content (AvgIpc) is 2.54. The van der Waals surface area contributed by atoms with Crippen molar-refractivity contribution in [2.75, 3.05) is 0 Å². The van der Waals surface area contributed by atoms with Gasteiger partial charge >= 0.3 is 5.97 Å². The van der Waals surface area contributed by atoms with Gasteiger partial charge in [-0.25, -0.2) is 0 Å². The summed E-state index contributed by atoms with van der Waals surface area (Å²) >= 11 is 0. The molecule has 0 aliphatic heterocycles. The minimum atomic E-state index is -1.31. The Labute approximate surface area is 159 Å². The molecule has 10 heteroatoms. The van der Waals surface area contributed by atoms with Crippen molar-refractivity contribution in [3.05, 3.63) is 0 Å². The first-order valence-electron chi connectivity index (χ1n) is 8.87. The van der Waals surface area contributed by atoms with Crippen molar-refractivity contribution in [3.8, 4) is 0 Å². The minimum Gasteiger partial charge on any atom is -0.480 e. The molecule has 3 amide bonds. The molecule has 0 aromatic heterocycles. The maximum absolute atomic E-state index is 12.5. The number of carboxylic acid groups (broad SMARTS) is 1. The third kappa shape index (κ3) is 7.92. The van der Waals surface area contributed by atoms with Gasteiger partial charge in [-0.2, -0.15) is 0 Å². The second-order valence-electron chi connectivity index (χ2n) is 7.30. The van der Waals surface area contributed by atoms with Gasteiger partial charge in [0.2, 0.25) is 17.7 Å². The number of aliphatic hydroxyl groups excluding tert-OH is 1. The molecule has 10 nitrogen and oxygen atoms in total. The number of nitrogens with one attached hydrogen (secondary N) is 3. The second-order valence-corrected chi connectivity index (χ2v) is 7.30. The molecule has 0 aliphatic rings. The molecule has 0 fully saturated rings. The van der Waals surface area contributed by atoms with E-state index in [1.165, 1.54) is 13.8 Å². The summed E-state index contributed by atoms with van der Waals surface area (Å²) in [6, 6.07) is -4.35. The van der Waals surface area contributed by atoms with E-state index in [0.29, 0.717) is 0 Å². The van der Waals surface area contributed by atoms with Crippen molar-refractivity contribution in [1.82, 2.24) is 16.0 Å². The van der Waals surface area contributed by atoms with Crippen LogP contribution in [0.4, 0.5) is 0 Å². The van der Waals surface area contributed by atoms with Crippen molar-refractivity contribution in [1.29, 1.82) is 0 Å². The topological polar surface area (TPSA) is 171 Å². The third-order valence-corrected chi connectivity index (χ3v) is 4.06. The summed E-state index contributed by atoms with van der Waals surface area (Å²) in [4.78, 5) is 47.8. The summed E-state index contributed by atoms with van der Waals surface area (Å²) < 4.78 is 0. The largest absolute Gasteiger partial charge is 0.480 e. The van der Waals surface area contributed by atoms with Crippen molar-refractivity contribution in [2.45, 2.75) is 71.8 Å². The normalized spacial score (nSPS) is 16.8. The lowest BCUT2D eigenvalue weighted by Crippen LogP contribution is -2.61. The predicted octanol–water partition coefficient (Wildman–Crippen LogP) is -1.43. The smallest absolute Gasteiger partial charge is 0.325 e. The van der Waals surface area contributed by atoms with E-state index in [1.807, 2.05) is 0 Å². The fraction of sp³-hybridized carbons (Fsp3) is 0.765. The van der Waals surface area contributed by atoms with E-state index >= 15 is 0 Å². The molecule has 0 saturated carbocycles. The van der Waals surface area contributed by atoms with Crippen molar-refractivity contribution < 1.29 is 29.4 Å². The van der Waals surface area contributed by atoms with Gasteiger partial charge in [0.25, 0.3) is 0 Å². The van der Waals surface area contributed by atoms with Crippen LogP contribution in [0.5, 0.6) is 0 Å². The number of carbonyl (C=O) groups excluding carboxylic acids is 3. The molecule has 0 heterocycles. The summed E-state index contributed by atoms with van der Waals surface area (Å²) in [5.41, 5.74) is 5.74. The van der Waals surface area contributed by atoms with Gasteiger partial charge < -0.3 is 31.9 Å². The Kier molecular flexibility index (Phi) is 9.95. The fourth-order valence-electron chi connectivity index (χ4n) is 2.10. The number of carbonyl (C=O) groups is 4. The zero-order valence-electron chi connectivity index (χ0n) is 16.6. The summed E-state index contributed by atoms with van der Waals surface area (Å²) in [6.45, 7) is 9.43. The molecule has 7 N–H and O–H groups in total. The van der Waals surface area contributed by atoms with Gasteiger partial charge in [0, 0.05) is 0 Å². The van der Waals surface area contributed by atoms with Crippen LogP contribution in [0.25, 0.3) is 0 Å². The Morgan fingerprint density at radius 1 is 0.741 bits per heavy atom. The van der Waals surface area contributed by atoms with Crippen LogP contribution in [-0.2, 0) is 19.2 Å². The van der Waals surface area contributed by atoms with E-state index in [0.717, 1.165) is 0 Å². The Bertz CT molecular complexity index is 550. The van der Waals surface area contributed by atoms with Gasteiger partial charge in [0.1, 0.15) is 18.1 Å². The van der Waals surface area contributed by atoms with E-state index in [1.54, 1.807) is 27.7 Å². The summed E-state index contributed by atoms with van der Waals surface area (Å²) in [5.74, 6) is -3.80. The van der Waals surface area contributed by atoms with E-state index in [-0.39, 0.29) is 11.8 Å². The first-order valence-corrected chi connectivity index (χ1v) is 8.87. The van der Waals surface area contributed by atoms with E-state index < -0.39 is 54.0 Å². The minimum absolute atomic E-state index is 0.172. The molecule has 0 bridgehead atoms. The van der Waals surface area contributed by atoms with Crippen LogP contribution in [0.1, 0.15) is 41.5 Å².